The van der Waals surface area contributed by atoms with E-state index in [0.717, 1.165) is 5.56 Å². The lowest BCUT2D eigenvalue weighted by Crippen LogP contribution is -2.33. The number of nitrogens with one attached hydrogen (secondary N) is 1. The number of carbonyl (C=O) groups is 1. The fourth-order valence-electron chi connectivity index (χ4n) is 2.09. The van der Waals surface area contributed by atoms with Gasteiger partial charge in [0.2, 0.25) is 0 Å². The molecular weight excluding hydrogens is 340 g/mol. The minimum atomic E-state index is -0.753. The SMILES string of the molecule is C=CCc1cccc(/C=N/NC(=O)[C@H](C)Oc2cccc(Cl)c2)c1O. The summed E-state index contributed by atoms with van der Waals surface area (Å²) in [6, 6.07) is 12.1. The molecule has 1 atom stereocenters. The minimum Gasteiger partial charge on any atom is -0.507 e. The van der Waals surface area contributed by atoms with Gasteiger partial charge in [-0.3, -0.25) is 4.79 Å². The van der Waals surface area contributed by atoms with Crippen molar-refractivity contribution >= 4 is 23.7 Å². The van der Waals surface area contributed by atoms with Crippen molar-refractivity contribution in [3.63, 3.8) is 0 Å². The summed E-state index contributed by atoms with van der Waals surface area (Å²) in [6.07, 6.45) is 2.87. The molecule has 0 unspecified atom stereocenters. The molecule has 0 fully saturated rings. The quantitative estimate of drug-likeness (QED) is 0.450. The number of hydrogen-bond donors (Lipinski definition) is 2. The van der Waals surface area contributed by atoms with E-state index in [1.165, 1.54) is 6.21 Å². The average Bonchev–Trinajstić information content (AvgIpc) is 2.58. The number of hydrazone groups is 1. The zero-order chi connectivity index (χ0) is 18.2. The summed E-state index contributed by atoms with van der Waals surface area (Å²) >= 11 is 5.88. The Morgan fingerprint density at radius 3 is 2.88 bits per heavy atom. The summed E-state index contributed by atoms with van der Waals surface area (Å²) in [5.41, 5.74) is 3.63. The Balaban J connectivity index is 1.96. The number of rotatable bonds is 7. The van der Waals surface area contributed by atoms with E-state index >= 15 is 0 Å². The second-order valence-corrected chi connectivity index (χ2v) is 5.74. The number of ether oxygens (including phenoxy) is 1. The molecule has 0 spiro atoms. The standard InChI is InChI=1S/C19H19ClN2O3/c1-3-6-14-7-4-8-15(18(14)23)12-21-22-19(24)13(2)25-17-10-5-9-16(20)11-17/h3-5,7-13,23H,1,6H2,2H3,(H,22,24)/b21-12+/t13-/m0/s1. The van der Waals surface area contributed by atoms with Gasteiger partial charge in [0.15, 0.2) is 6.10 Å². The van der Waals surface area contributed by atoms with E-state index in [-0.39, 0.29) is 5.75 Å². The lowest BCUT2D eigenvalue weighted by Gasteiger charge is -2.13. The van der Waals surface area contributed by atoms with E-state index in [1.54, 1.807) is 55.5 Å². The molecule has 0 aliphatic carbocycles. The van der Waals surface area contributed by atoms with Crippen LogP contribution >= 0.6 is 11.6 Å². The number of benzene rings is 2. The molecule has 0 aliphatic rings. The molecule has 0 aliphatic heterocycles. The van der Waals surface area contributed by atoms with Crippen LogP contribution in [0.25, 0.3) is 0 Å². The van der Waals surface area contributed by atoms with Crippen molar-refractivity contribution in [1.29, 1.82) is 0 Å². The molecule has 6 heteroatoms. The van der Waals surface area contributed by atoms with Gasteiger partial charge in [-0.2, -0.15) is 5.10 Å². The number of carbonyl (C=O) groups excluding carboxylic acids is 1. The van der Waals surface area contributed by atoms with Gasteiger partial charge in [0.25, 0.3) is 5.91 Å². The van der Waals surface area contributed by atoms with E-state index in [2.05, 4.69) is 17.1 Å². The molecular formula is C19H19ClN2O3. The second-order valence-electron chi connectivity index (χ2n) is 5.30. The molecule has 0 bridgehead atoms. The number of allylic oxidation sites excluding steroid dienone is 1. The maximum absolute atomic E-state index is 12.0. The molecule has 2 rings (SSSR count). The molecule has 1 amide bonds. The number of phenols is 1. The van der Waals surface area contributed by atoms with Gasteiger partial charge >= 0.3 is 0 Å². The largest absolute Gasteiger partial charge is 0.507 e. The molecule has 2 aromatic carbocycles. The van der Waals surface area contributed by atoms with Crippen LogP contribution in [0.4, 0.5) is 0 Å². The molecule has 2 N–H and O–H groups in total. The number of aromatic hydroxyl groups is 1. The Morgan fingerprint density at radius 1 is 1.40 bits per heavy atom. The number of halogens is 1. The molecule has 0 heterocycles. The first kappa shape index (κ1) is 18.5. The smallest absolute Gasteiger partial charge is 0.280 e. The van der Waals surface area contributed by atoms with E-state index in [0.29, 0.717) is 22.8 Å². The summed E-state index contributed by atoms with van der Waals surface area (Å²) in [5, 5.41) is 14.5. The number of hydrogen-bond acceptors (Lipinski definition) is 4. The average molecular weight is 359 g/mol. The lowest BCUT2D eigenvalue weighted by molar-refractivity contribution is -0.127. The minimum absolute atomic E-state index is 0.114. The predicted octanol–water partition coefficient (Wildman–Crippen LogP) is 3.69. The van der Waals surface area contributed by atoms with Gasteiger partial charge in [-0.05, 0) is 43.2 Å². The summed E-state index contributed by atoms with van der Waals surface area (Å²) in [4.78, 5) is 12.0. The Bertz CT molecular complexity index is 790. The normalized spacial score (nSPS) is 11.9. The number of para-hydroxylation sites is 1. The van der Waals surface area contributed by atoms with Crippen LogP contribution in [-0.2, 0) is 11.2 Å². The second kappa shape index (κ2) is 8.89. The molecule has 0 saturated carbocycles. The summed E-state index contributed by atoms with van der Waals surface area (Å²) < 4.78 is 5.50. The fourth-order valence-corrected chi connectivity index (χ4v) is 2.27. The first-order valence-electron chi connectivity index (χ1n) is 7.68. The summed E-state index contributed by atoms with van der Waals surface area (Å²) in [5.74, 6) is 0.190. The molecule has 5 nitrogen and oxygen atoms in total. The van der Waals surface area contributed by atoms with Crippen LogP contribution in [0.2, 0.25) is 5.02 Å². The van der Waals surface area contributed by atoms with Crippen molar-refractivity contribution in [3.05, 3.63) is 71.3 Å². The molecule has 0 radical (unpaired) electrons. The van der Waals surface area contributed by atoms with Gasteiger partial charge in [-0.15, -0.1) is 6.58 Å². The lowest BCUT2D eigenvalue weighted by atomic mass is 10.1. The number of nitrogens with zero attached hydrogens (tertiary/aromatic N) is 1. The van der Waals surface area contributed by atoms with Crippen LogP contribution in [0.15, 0.2) is 60.2 Å². The zero-order valence-electron chi connectivity index (χ0n) is 13.8. The maximum Gasteiger partial charge on any atom is 0.280 e. The fraction of sp³-hybridized carbons (Fsp3) is 0.158. The number of phenolic OH excluding ortho intramolecular Hbond substituents is 1. The van der Waals surface area contributed by atoms with Gasteiger partial charge in [-0.25, -0.2) is 5.43 Å². The third kappa shape index (κ3) is 5.36. The number of amides is 1. The van der Waals surface area contributed by atoms with Gasteiger partial charge in [0, 0.05) is 10.6 Å². The van der Waals surface area contributed by atoms with E-state index in [1.807, 2.05) is 0 Å². The first-order chi connectivity index (χ1) is 12.0. The monoisotopic (exact) mass is 358 g/mol. The van der Waals surface area contributed by atoms with E-state index in [9.17, 15) is 9.90 Å². The highest BCUT2D eigenvalue weighted by Gasteiger charge is 2.14. The van der Waals surface area contributed by atoms with Crippen LogP contribution in [0, 0.1) is 0 Å². The van der Waals surface area contributed by atoms with Crippen molar-refractivity contribution in [2.75, 3.05) is 0 Å². The summed E-state index contributed by atoms with van der Waals surface area (Å²) in [6.45, 7) is 5.25. The topological polar surface area (TPSA) is 70.9 Å². The van der Waals surface area contributed by atoms with Crippen molar-refractivity contribution < 1.29 is 14.6 Å². The summed E-state index contributed by atoms with van der Waals surface area (Å²) in [7, 11) is 0. The zero-order valence-corrected chi connectivity index (χ0v) is 14.5. The Labute approximate surface area is 151 Å². The van der Waals surface area contributed by atoms with E-state index in [4.69, 9.17) is 16.3 Å². The Morgan fingerprint density at radius 2 is 2.16 bits per heavy atom. The van der Waals surface area contributed by atoms with Gasteiger partial charge in [0.1, 0.15) is 11.5 Å². The molecule has 0 saturated heterocycles. The van der Waals surface area contributed by atoms with Gasteiger partial charge < -0.3 is 9.84 Å². The molecule has 25 heavy (non-hydrogen) atoms. The van der Waals surface area contributed by atoms with Crippen LogP contribution in [0.5, 0.6) is 11.5 Å². The van der Waals surface area contributed by atoms with Crippen LogP contribution in [0.1, 0.15) is 18.1 Å². The van der Waals surface area contributed by atoms with E-state index < -0.39 is 12.0 Å². The van der Waals surface area contributed by atoms with Crippen molar-refractivity contribution in [3.8, 4) is 11.5 Å². The Hall–Kier alpha value is -2.79. The van der Waals surface area contributed by atoms with Crippen LogP contribution < -0.4 is 10.2 Å². The third-order valence-electron chi connectivity index (χ3n) is 3.37. The highest BCUT2D eigenvalue weighted by molar-refractivity contribution is 6.30. The van der Waals surface area contributed by atoms with Crippen molar-refractivity contribution in [2.45, 2.75) is 19.4 Å². The highest BCUT2D eigenvalue weighted by atomic mass is 35.5. The maximum atomic E-state index is 12.0. The van der Waals surface area contributed by atoms with Crippen LogP contribution in [0.3, 0.4) is 0 Å². The Kier molecular flexibility index (Phi) is 6.60. The molecule has 2 aromatic rings. The molecule has 130 valence electrons. The van der Waals surface area contributed by atoms with Crippen molar-refractivity contribution in [1.82, 2.24) is 5.43 Å². The van der Waals surface area contributed by atoms with Gasteiger partial charge in [-0.1, -0.05) is 35.9 Å². The van der Waals surface area contributed by atoms with Crippen molar-refractivity contribution in [2.24, 2.45) is 5.10 Å². The van der Waals surface area contributed by atoms with Crippen LogP contribution in [-0.4, -0.2) is 23.3 Å². The first-order valence-corrected chi connectivity index (χ1v) is 8.06. The molecule has 0 aromatic heterocycles. The third-order valence-corrected chi connectivity index (χ3v) is 3.61. The van der Waals surface area contributed by atoms with Gasteiger partial charge in [0.05, 0.1) is 6.21 Å². The highest BCUT2D eigenvalue weighted by Crippen LogP contribution is 2.21. The predicted molar refractivity (Wildman–Crippen MR) is 99.3 cm³/mol.